The van der Waals surface area contributed by atoms with Gasteiger partial charge in [0, 0.05) is 22.8 Å². The minimum absolute atomic E-state index is 0.100. The number of fused-ring (bicyclic) bond motifs is 1. The molecule has 0 saturated carbocycles. The lowest BCUT2D eigenvalue weighted by Gasteiger charge is -2.10. The van der Waals surface area contributed by atoms with Gasteiger partial charge in [-0.25, -0.2) is 0 Å². The molecule has 1 N–H and O–H groups in total. The third-order valence-electron chi connectivity index (χ3n) is 5.67. The monoisotopic (exact) mass is 423 g/mol. The molecular formula is C26H21N3O3. The van der Waals surface area contributed by atoms with Crippen LogP contribution in [0.15, 0.2) is 77.4 Å². The average molecular weight is 423 g/mol. The highest BCUT2D eigenvalue weighted by Crippen LogP contribution is 2.31. The number of nitrogens with zero attached hydrogens (tertiary/aromatic N) is 3. The van der Waals surface area contributed by atoms with Crippen molar-refractivity contribution in [3.63, 3.8) is 0 Å². The Labute approximate surface area is 184 Å². The molecule has 158 valence electrons. The molecule has 0 aliphatic rings. The largest absolute Gasteiger partial charge is 0.480 e. The number of aryl methyl sites for hydroxylation is 2. The summed E-state index contributed by atoms with van der Waals surface area (Å²) in [5.41, 5.74) is 7.18. The first-order chi connectivity index (χ1) is 15.5. The molecule has 0 saturated heterocycles. The van der Waals surface area contributed by atoms with Crippen LogP contribution in [-0.2, 0) is 11.3 Å². The van der Waals surface area contributed by atoms with Crippen molar-refractivity contribution in [2.45, 2.75) is 20.4 Å². The Balaban J connectivity index is 1.48. The van der Waals surface area contributed by atoms with Crippen molar-refractivity contribution < 1.29 is 14.4 Å². The molecule has 0 fully saturated rings. The van der Waals surface area contributed by atoms with Crippen LogP contribution in [0.25, 0.3) is 44.9 Å². The van der Waals surface area contributed by atoms with Crippen molar-refractivity contribution in [2.75, 3.05) is 0 Å². The van der Waals surface area contributed by atoms with Gasteiger partial charge in [-0.1, -0.05) is 47.6 Å². The summed E-state index contributed by atoms with van der Waals surface area (Å²) in [4.78, 5) is 15.7. The molecule has 3 aromatic carbocycles. The minimum Gasteiger partial charge on any atom is -0.480 e. The second kappa shape index (κ2) is 7.81. The average Bonchev–Trinajstić information content (AvgIpc) is 3.41. The maximum Gasteiger partial charge on any atom is 0.323 e. The first-order valence-electron chi connectivity index (χ1n) is 10.3. The number of carboxylic acid groups (broad SMARTS) is 1. The summed E-state index contributed by atoms with van der Waals surface area (Å²) in [5.74, 6) is 0.0188. The summed E-state index contributed by atoms with van der Waals surface area (Å²) in [7, 11) is 0. The van der Waals surface area contributed by atoms with Gasteiger partial charge in [-0.05, 0) is 65.8 Å². The predicted octanol–water partition coefficient (Wildman–Crippen LogP) is 5.73. The van der Waals surface area contributed by atoms with E-state index in [0.717, 1.165) is 27.6 Å². The Morgan fingerprint density at radius 2 is 1.72 bits per heavy atom. The van der Waals surface area contributed by atoms with Gasteiger partial charge in [-0.2, -0.15) is 4.98 Å². The van der Waals surface area contributed by atoms with Crippen molar-refractivity contribution in [3.05, 3.63) is 84.1 Å². The molecule has 0 radical (unpaired) electrons. The molecule has 32 heavy (non-hydrogen) atoms. The van der Waals surface area contributed by atoms with Crippen molar-refractivity contribution in [3.8, 4) is 34.0 Å². The predicted molar refractivity (Wildman–Crippen MR) is 123 cm³/mol. The molecule has 6 heteroatoms. The molecule has 0 aliphatic heterocycles. The maximum atomic E-state index is 11.1. The highest BCUT2D eigenvalue weighted by molar-refractivity contribution is 5.85. The number of rotatable bonds is 5. The van der Waals surface area contributed by atoms with Gasteiger partial charge in [0.1, 0.15) is 6.54 Å². The number of hydrogen-bond acceptors (Lipinski definition) is 4. The molecular weight excluding hydrogens is 402 g/mol. The van der Waals surface area contributed by atoms with Crippen LogP contribution in [0.2, 0.25) is 0 Å². The third kappa shape index (κ3) is 3.56. The lowest BCUT2D eigenvalue weighted by molar-refractivity contribution is -0.137. The van der Waals surface area contributed by atoms with Crippen LogP contribution < -0.4 is 0 Å². The summed E-state index contributed by atoms with van der Waals surface area (Å²) in [6, 6.07) is 22.1. The van der Waals surface area contributed by atoms with Gasteiger partial charge in [0.15, 0.2) is 0 Å². The molecule has 0 atom stereocenters. The van der Waals surface area contributed by atoms with E-state index in [1.54, 1.807) is 10.8 Å². The first-order valence-corrected chi connectivity index (χ1v) is 10.3. The fraction of sp³-hybridized carbons (Fsp3) is 0.115. The summed E-state index contributed by atoms with van der Waals surface area (Å²) >= 11 is 0. The number of benzene rings is 3. The van der Waals surface area contributed by atoms with E-state index >= 15 is 0 Å². The molecule has 6 nitrogen and oxygen atoms in total. The first kappa shape index (κ1) is 19.8. The minimum atomic E-state index is -0.890. The van der Waals surface area contributed by atoms with E-state index in [9.17, 15) is 4.79 Å². The Kier molecular flexibility index (Phi) is 4.82. The maximum absolute atomic E-state index is 11.1. The molecule has 5 aromatic rings. The van der Waals surface area contributed by atoms with E-state index in [0.29, 0.717) is 11.7 Å². The van der Waals surface area contributed by atoms with Crippen molar-refractivity contribution in [2.24, 2.45) is 0 Å². The van der Waals surface area contributed by atoms with Crippen molar-refractivity contribution in [1.29, 1.82) is 0 Å². The number of aromatic nitrogens is 3. The van der Waals surface area contributed by atoms with Gasteiger partial charge in [-0.3, -0.25) is 4.79 Å². The molecule has 2 aromatic heterocycles. The molecule has 0 spiro atoms. The molecule has 0 amide bonds. The van der Waals surface area contributed by atoms with Crippen LogP contribution >= 0.6 is 0 Å². The van der Waals surface area contributed by atoms with Gasteiger partial charge < -0.3 is 14.2 Å². The lowest BCUT2D eigenvalue weighted by atomic mass is 9.95. The summed E-state index contributed by atoms with van der Waals surface area (Å²) in [6.45, 7) is 4.08. The number of hydrogen-bond donors (Lipinski definition) is 1. The van der Waals surface area contributed by atoms with E-state index in [-0.39, 0.29) is 6.54 Å². The zero-order valence-corrected chi connectivity index (χ0v) is 17.7. The number of carboxylic acids is 1. The van der Waals surface area contributed by atoms with Gasteiger partial charge in [0.25, 0.3) is 5.89 Å². The van der Waals surface area contributed by atoms with E-state index in [1.807, 2.05) is 42.5 Å². The standard InChI is InChI=1S/C26H21N3O3/c1-16-5-3-4-6-21(16)22-10-9-20(13-17(22)2)26-27-25(28-32-26)19-8-7-18-11-12-29(15-24(30)31)23(18)14-19/h3-14H,15H2,1-2H3,(H,30,31). The lowest BCUT2D eigenvalue weighted by Crippen LogP contribution is -2.07. The van der Waals surface area contributed by atoms with Crippen LogP contribution in [-0.4, -0.2) is 25.8 Å². The van der Waals surface area contributed by atoms with E-state index in [2.05, 4.69) is 48.3 Å². The van der Waals surface area contributed by atoms with E-state index in [1.165, 1.54) is 16.7 Å². The Bertz CT molecular complexity index is 1460. The fourth-order valence-corrected chi connectivity index (χ4v) is 4.04. The van der Waals surface area contributed by atoms with Crippen LogP contribution in [0.3, 0.4) is 0 Å². The molecule has 5 rings (SSSR count). The van der Waals surface area contributed by atoms with E-state index in [4.69, 9.17) is 9.63 Å². The Morgan fingerprint density at radius 3 is 2.50 bits per heavy atom. The van der Waals surface area contributed by atoms with Crippen LogP contribution in [0, 0.1) is 13.8 Å². The Morgan fingerprint density at radius 1 is 0.938 bits per heavy atom. The molecule has 0 bridgehead atoms. The topological polar surface area (TPSA) is 81.2 Å². The van der Waals surface area contributed by atoms with Gasteiger partial charge in [-0.15, -0.1) is 0 Å². The fourth-order valence-electron chi connectivity index (χ4n) is 4.04. The number of aliphatic carboxylic acids is 1. The van der Waals surface area contributed by atoms with Gasteiger partial charge in [0.2, 0.25) is 5.82 Å². The SMILES string of the molecule is Cc1ccccc1-c1ccc(-c2nc(-c3ccc4ccn(CC(=O)O)c4c3)no2)cc1C. The summed E-state index contributed by atoms with van der Waals surface area (Å²) < 4.78 is 7.25. The highest BCUT2D eigenvalue weighted by atomic mass is 16.5. The molecule has 0 aliphatic carbocycles. The van der Waals surface area contributed by atoms with Gasteiger partial charge in [0.05, 0.1) is 0 Å². The smallest absolute Gasteiger partial charge is 0.323 e. The number of carbonyl (C=O) groups is 1. The summed E-state index contributed by atoms with van der Waals surface area (Å²) in [6.07, 6.45) is 1.77. The van der Waals surface area contributed by atoms with Crippen molar-refractivity contribution >= 4 is 16.9 Å². The zero-order chi connectivity index (χ0) is 22.2. The third-order valence-corrected chi connectivity index (χ3v) is 5.67. The second-order valence-corrected chi connectivity index (χ2v) is 7.88. The zero-order valence-electron chi connectivity index (χ0n) is 17.7. The molecule has 2 heterocycles. The van der Waals surface area contributed by atoms with Crippen LogP contribution in [0.4, 0.5) is 0 Å². The quantitative estimate of drug-likeness (QED) is 0.391. The Hall–Kier alpha value is -4.19. The second-order valence-electron chi connectivity index (χ2n) is 7.88. The van der Waals surface area contributed by atoms with Gasteiger partial charge >= 0.3 is 5.97 Å². The van der Waals surface area contributed by atoms with E-state index < -0.39 is 5.97 Å². The van der Waals surface area contributed by atoms with Crippen molar-refractivity contribution in [1.82, 2.24) is 14.7 Å². The van der Waals surface area contributed by atoms with Crippen LogP contribution in [0.1, 0.15) is 11.1 Å². The normalized spacial score (nSPS) is 11.2. The highest BCUT2D eigenvalue weighted by Gasteiger charge is 2.14. The summed E-state index contributed by atoms with van der Waals surface area (Å²) in [5, 5.41) is 14.2. The van der Waals surface area contributed by atoms with Crippen LogP contribution in [0.5, 0.6) is 0 Å². The molecule has 0 unspecified atom stereocenters.